The molecule has 1 aliphatic heterocycles. The highest BCUT2D eigenvalue weighted by atomic mass is 32.2. The van der Waals surface area contributed by atoms with Gasteiger partial charge in [-0.05, 0) is 95.2 Å². The lowest BCUT2D eigenvalue weighted by Crippen LogP contribution is -2.28. The first-order valence-electron chi connectivity index (χ1n) is 13.1. The van der Waals surface area contributed by atoms with E-state index in [2.05, 4.69) is 0 Å². The summed E-state index contributed by atoms with van der Waals surface area (Å²) in [5.74, 6) is 0.0238. The number of ether oxygens (including phenoxy) is 3. The molecular weight excluding hydrogens is 571 g/mol. The average molecular weight is 599 g/mol. The fourth-order valence-electron chi connectivity index (χ4n) is 4.27. The second-order valence-electron chi connectivity index (χ2n) is 9.43. The van der Waals surface area contributed by atoms with Crippen molar-refractivity contribution in [3.8, 4) is 17.2 Å². The van der Waals surface area contributed by atoms with Gasteiger partial charge >= 0.3 is 5.97 Å². The van der Waals surface area contributed by atoms with Crippen molar-refractivity contribution in [2.24, 2.45) is 4.99 Å². The first kappa shape index (κ1) is 29.4. The summed E-state index contributed by atoms with van der Waals surface area (Å²) in [6.07, 6.45) is 1.75. The van der Waals surface area contributed by atoms with Crippen LogP contribution in [0.25, 0.3) is 6.08 Å². The number of aromatic carboxylic acids is 1. The van der Waals surface area contributed by atoms with Crippen molar-refractivity contribution in [1.82, 2.24) is 4.90 Å². The maximum absolute atomic E-state index is 13.7. The number of hydrogen-bond donors (Lipinski definition) is 1. The number of carboxylic acid groups (broad SMARTS) is 1. The Balaban J connectivity index is 1.41. The van der Waals surface area contributed by atoms with Crippen molar-refractivity contribution in [1.29, 1.82) is 0 Å². The van der Waals surface area contributed by atoms with Gasteiger partial charge in [-0.1, -0.05) is 30.3 Å². The van der Waals surface area contributed by atoms with Crippen LogP contribution in [0.2, 0.25) is 0 Å². The summed E-state index contributed by atoms with van der Waals surface area (Å²) in [7, 11) is 3.10. The number of amidine groups is 1. The summed E-state index contributed by atoms with van der Waals surface area (Å²) in [4.78, 5) is 31.7. The zero-order valence-electron chi connectivity index (χ0n) is 23.3. The van der Waals surface area contributed by atoms with Crippen molar-refractivity contribution in [3.05, 3.63) is 124 Å². The largest absolute Gasteiger partial charge is 0.497 e. The molecule has 0 unspecified atom stereocenters. The zero-order chi connectivity index (χ0) is 30.3. The van der Waals surface area contributed by atoms with Gasteiger partial charge in [0.1, 0.15) is 18.2 Å². The molecule has 1 saturated heterocycles. The highest BCUT2D eigenvalue weighted by Crippen LogP contribution is 2.37. The molecule has 1 heterocycles. The molecule has 5 rings (SSSR count). The first-order chi connectivity index (χ1) is 20.8. The molecule has 0 radical (unpaired) electrons. The third-order valence-electron chi connectivity index (χ3n) is 6.50. The molecule has 10 heteroatoms. The van der Waals surface area contributed by atoms with Crippen LogP contribution in [0.1, 0.15) is 27.0 Å². The average Bonchev–Trinajstić information content (AvgIpc) is 3.29. The Kier molecular flexibility index (Phi) is 9.07. The summed E-state index contributed by atoms with van der Waals surface area (Å²) < 4.78 is 30.2. The highest BCUT2D eigenvalue weighted by molar-refractivity contribution is 8.18. The molecule has 0 bridgehead atoms. The number of carbonyl (C=O) groups is 2. The number of amides is 1. The van der Waals surface area contributed by atoms with Gasteiger partial charge in [-0.2, -0.15) is 0 Å². The molecule has 43 heavy (non-hydrogen) atoms. The van der Waals surface area contributed by atoms with E-state index in [9.17, 15) is 19.1 Å². The molecule has 1 N–H and O–H groups in total. The van der Waals surface area contributed by atoms with Crippen LogP contribution >= 0.6 is 11.8 Å². The fourth-order valence-corrected chi connectivity index (χ4v) is 5.26. The molecule has 0 aliphatic carbocycles. The molecule has 4 aromatic carbocycles. The van der Waals surface area contributed by atoms with E-state index in [1.807, 2.05) is 0 Å². The number of carbonyl (C=O) groups excluding carboxylic acids is 1. The van der Waals surface area contributed by atoms with Gasteiger partial charge in [-0.15, -0.1) is 0 Å². The Bertz CT molecular complexity index is 1700. The molecule has 218 valence electrons. The standard InChI is InChI=1S/C33H27FN2O6S/c1-40-27-13-11-26(12-14-27)35-33-36(19-21-6-9-24(10-7-21)32(38)39)31(37)30(43-33)18-22-8-15-28(29(17-22)41-2)42-20-23-4-3-5-25(34)16-23/h3-18H,19-20H2,1-2H3,(H,38,39)/b30-18-,35-33?. The Hall–Kier alpha value is -5.09. The number of carboxylic acids is 1. The topological polar surface area (TPSA) is 97.7 Å². The third kappa shape index (κ3) is 7.22. The lowest BCUT2D eigenvalue weighted by atomic mass is 10.1. The van der Waals surface area contributed by atoms with E-state index in [1.165, 1.54) is 43.1 Å². The maximum Gasteiger partial charge on any atom is 0.335 e. The highest BCUT2D eigenvalue weighted by Gasteiger charge is 2.33. The Morgan fingerprint density at radius 1 is 0.930 bits per heavy atom. The SMILES string of the molecule is COc1ccc(N=C2S/C(=C\c3ccc(OCc4cccc(F)c4)c(OC)c3)C(=O)N2Cc2ccc(C(=O)O)cc2)cc1. The molecule has 0 saturated carbocycles. The van der Waals surface area contributed by atoms with Crippen LogP contribution in [0, 0.1) is 5.82 Å². The number of hydrogen-bond acceptors (Lipinski definition) is 7. The summed E-state index contributed by atoms with van der Waals surface area (Å²) in [5, 5.41) is 9.71. The Morgan fingerprint density at radius 3 is 2.37 bits per heavy atom. The monoisotopic (exact) mass is 598 g/mol. The fraction of sp³-hybridized carbons (Fsp3) is 0.121. The number of halogens is 1. The van der Waals surface area contributed by atoms with E-state index in [-0.39, 0.29) is 30.4 Å². The molecule has 0 spiro atoms. The van der Waals surface area contributed by atoms with Crippen LogP contribution in [0.3, 0.4) is 0 Å². The van der Waals surface area contributed by atoms with Gasteiger partial charge in [0.2, 0.25) is 0 Å². The van der Waals surface area contributed by atoms with Crippen molar-refractivity contribution in [2.75, 3.05) is 14.2 Å². The van der Waals surface area contributed by atoms with Crippen LogP contribution in [0.5, 0.6) is 17.2 Å². The van der Waals surface area contributed by atoms with Gasteiger partial charge < -0.3 is 19.3 Å². The van der Waals surface area contributed by atoms with Gasteiger partial charge in [0, 0.05) is 0 Å². The van der Waals surface area contributed by atoms with Gasteiger partial charge in [0.15, 0.2) is 16.7 Å². The summed E-state index contributed by atoms with van der Waals surface area (Å²) in [6.45, 7) is 0.366. The number of aliphatic imine (C=N–C) groups is 1. The second-order valence-corrected chi connectivity index (χ2v) is 10.4. The molecule has 1 amide bonds. The maximum atomic E-state index is 13.7. The smallest absolute Gasteiger partial charge is 0.335 e. The van der Waals surface area contributed by atoms with Gasteiger partial charge in [0.25, 0.3) is 5.91 Å². The molecule has 0 atom stereocenters. The lowest BCUT2D eigenvalue weighted by Gasteiger charge is -2.16. The number of nitrogens with zero attached hydrogens (tertiary/aromatic N) is 2. The van der Waals surface area contributed by atoms with Crippen LogP contribution < -0.4 is 14.2 Å². The zero-order valence-corrected chi connectivity index (χ0v) is 24.1. The Morgan fingerprint density at radius 2 is 1.70 bits per heavy atom. The van der Waals surface area contributed by atoms with Crippen molar-refractivity contribution < 1.29 is 33.3 Å². The third-order valence-corrected chi connectivity index (χ3v) is 7.50. The summed E-state index contributed by atoms with van der Waals surface area (Å²) >= 11 is 1.23. The van der Waals surface area contributed by atoms with Gasteiger partial charge in [0.05, 0.1) is 36.9 Å². The number of methoxy groups -OCH3 is 2. The lowest BCUT2D eigenvalue weighted by molar-refractivity contribution is -0.122. The number of rotatable bonds is 10. The van der Waals surface area contributed by atoms with E-state index in [1.54, 1.807) is 84.8 Å². The Labute approximate surface area is 252 Å². The summed E-state index contributed by atoms with van der Waals surface area (Å²) in [6, 6.07) is 25.0. The van der Waals surface area contributed by atoms with Crippen LogP contribution in [-0.2, 0) is 17.9 Å². The van der Waals surface area contributed by atoms with E-state index >= 15 is 0 Å². The molecule has 1 aliphatic rings. The molecule has 4 aromatic rings. The molecule has 8 nitrogen and oxygen atoms in total. The van der Waals surface area contributed by atoms with Crippen LogP contribution in [0.15, 0.2) is 101 Å². The minimum absolute atomic E-state index is 0.163. The van der Waals surface area contributed by atoms with Gasteiger partial charge in [-0.25, -0.2) is 14.2 Å². The van der Waals surface area contributed by atoms with E-state index in [0.29, 0.717) is 44.1 Å². The minimum Gasteiger partial charge on any atom is -0.497 e. The number of thioether (sulfide) groups is 1. The first-order valence-corrected chi connectivity index (χ1v) is 14.0. The van der Waals surface area contributed by atoms with Crippen LogP contribution in [-0.4, -0.2) is 41.3 Å². The van der Waals surface area contributed by atoms with Crippen LogP contribution in [0.4, 0.5) is 10.1 Å². The van der Waals surface area contributed by atoms with Crippen molar-refractivity contribution in [2.45, 2.75) is 13.2 Å². The summed E-state index contributed by atoms with van der Waals surface area (Å²) in [5.41, 5.74) is 2.95. The predicted octanol–water partition coefficient (Wildman–Crippen LogP) is 6.92. The predicted molar refractivity (Wildman–Crippen MR) is 163 cm³/mol. The van der Waals surface area contributed by atoms with Gasteiger partial charge in [-0.3, -0.25) is 9.69 Å². The molecule has 0 aromatic heterocycles. The normalized spacial score (nSPS) is 14.8. The minimum atomic E-state index is -1.02. The van der Waals surface area contributed by atoms with E-state index in [0.717, 1.165) is 5.56 Å². The quantitative estimate of drug-likeness (QED) is 0.198. The van der Waals surface area contributed by atoms with Crippen molar-refractivity contribution in [3.63, 3.8) is 0 Å². The van der Waals surface area contributed by atoms with E-state index < -0.39 is 5.97 Å². The van der Waals surface area contributed by atoms with E-state index in [4.69, 9.17) is 19.2 Å². The molecule has 1 fully saturated rings. The van der Waals surface area contributed by atoms with Crippen molar-refractivity contribution >= 4 is 40.6 Å². The second kappa shape index (κ2) is 13.3. The molecular formula is C33H27FN2O6S. The number of benzene rings is 4.